The van der Waals surface area contributed by atoms with Gasteiger partial charge in [-0.1, -0.05) is 44.5 Å². The molecule has 0 bridgehead atoms. The maximum Gasteiger partial charge on any atom is 0.253 e. The monoisotopic (exact) mass is 270 g/mol. The highest BCUT2D eigenvalue weighted by Crippen LogP contribution is 2.22. The first kappa shape index (κ1) is 14.4. The molecule has 0 aromatic heterocycles. The van der Waals surface area contributed by atoms with Crippen molar-refractivity contribution in [1.29, 1.82) is 0 Å². The van der Waals surface area contributed by atoms with Gasteiger partial charge in [0.25, 0.3) is 5.91 Å². The highest BCUT2D eigenvalue weighted by molar-refractivity contribution is 6.04. The number of hydrogen-bond acceptors (Lipinski definition) is 2. The highest BCUT2D eigenvalue weighted by atomic mass is 16.1. The number of carbonyl (C=O) groups is 1. The van der Waals surface area contributed by atoms with Gasteiger partial charge < -0.3 is 11.1 Å². The zero-order valence-corrected chi connectivity index (χ0v) is 12.3. The molecule has 106 valence electrons. The molecular formula is C17H22N2O. The van der Waals surface area contributed by atoms with E-state index < -0.39 is 0 Å². The summed E-state index contributed by atoms with van der Waals surface area (Å²) in [4.78, 5) is 12.3. The van der Waals surface area contributed by atoms with Crippen LogP contribution in [0, 0.1) is 5.92 Å². The molecule has 1 amide bonds. The van der Waals surface area contributed by atoms with Crippen molar-refractivity contribution in [3.63, 3.8) is 0 Å². The van der Waals surface area contributed by atoms with Crippen LogP contribution < -0.4 is 11.1 Å². The predicted octanol–water partition coefficient (Wildman–Crippen LogP) is 3.59. The zero-order chi connectivity index (χ0) is 14.7. The Kier molecular flexibility index (Phi) is 4.28. The quantitative estimate of drug-likeness (QED) is 0.834. The first-order valence-electron chi connectivity index (χ1n) is 7.12. The minimum atomic E-state index is -0.0962. The van der Waals surface area contributed by atoms with Crippen LogP contribution in [0.3, 0.4) is 0 Å². The fourth-order valence-electron chi connectivity index (χ4n) is 2.23. The number of fused-ring (bicyclic) bond motifs is 1. The van der Waals surface area contributed by atoms with Crippen LogP contribution in [0.5, 0.6) is 0 Å². The van der Waals surface area contributed by atoms with Crippen molar-refractivity contribution in [3.05, 3.63) is 42.0 Å². The first-order valence-corrected chi connectivity index (χ1v) is 7.12. The Labute approximate surface area is 120 Å². The largest absolute Gasteiger partial charge is 0.398 e. The van der Waals surface area contributed by atoms with E-state index in [0.717, 1.165) is 17.2 Å². The van der Waals surface area contributed by atoms with Crippen LogP contribution >= 0.6 is 0 Å². The SMILES string of the molecule is CCC(C)C(C)NC(=O)c1cc2ccccc2cc1N. The van der Waals surface area contributed by atoms with E-state index in [0.29, 0.717) is 17.2 Å². The molecule has 2 aromatic rings. The molecule has 3 nitrogen and oxygen atoms in total. The number of nitrogen functional groups attached to an aromatic ring is 1. The number of anilines is 1. The van der Waals surface area contributed by atoms with Gasteiger partial charge >= 0.3 is 0 Å². The summed E-state index contributed by atoms with van der Waals surface area (Å²) in [6.07, 6.45) is 1.04. The Morgan fingerprint density at radius 2 is 1.80 bits per heavy atom. The highest BCUT2D eigenvalue weighted by Gasteiger charge is 2.16. The summed E-state index contributed by atoms with van der Waals surface area (Å²) in [6.45, 7) is 6.29. The molecular weight excluding hydrogens is 248 g/mol. The number of hydrogen-bond donors (Lipinski definition) is 2. The first-order chi connectivity index (χ1) is 9.52. The van der Waals surface area contributed by atoms with Crippen molar-refractivity contribution < 1.29 is 4.79 Å². The smallest absolute Gasteiger partial charge is 0.253 e. The van der Waals surface area contributed by atoms with E-state index in [9.17, 15) is 4.79 Å². The van der Waals surface area contributed by atoms with Crippen molar-refractivity contribution in [2.24, 2.45) is 5.92 Å². The molecule has 0 radical (unpaired) electrons. The van der Waals surface area contributed by atoms with Crippen molar-refractivity contribution >= 4 is 22.4 Å². The third kappa shape index (κ3) is 2.93. The van der Waals surface area contributed by atoms with Crippen LogP contribution in [0.25, 0.3) is 10.8 Å². The predicted molar refractivity (Wildman–Crippen MR) is 84.7 cm³/mol. The van der Waals surface area contributed by atoms with E-state index in [1.54, 1.807) is 0 Å². The molecule has 2 aromatic carbocycles. The minimum absolute atomic E-state index is 0.0962. The molecule has 0 heterocycles. The molecule has 0 spiro atoms. The van der Waals surface area contributed by atoms with Gasteiger partial charge in [0.2, 0.25) is 0 Å². The maximum atomic E-state index is 12.3. The number of rotatable bonds is 4. The van der Waals surface area contributed by atoms with Gasteiger partial charge in [-0.25, -0.2) is 0 Å². The second-order valence-electron chi connectivity index (χ2n) is 5.43. The fourth-order valence-corrected chi connectivity index (χ4v) is 2.23. The Hall–Kier alpha value is -2.03. The van der Waals surface area contributed by atoms with Gasteiger partial charge in [-0.05, 0) is 35.7 Å². The molecule has 0 aliphatic rings. The molecule has 3 heteroatoms. The van der Waals surface area contributed by atoms with E-state index in [4.69, 9.17) is 5.73 Å². The maximum absolute atomic E-state index is 12.3. The van der Waals surface area contributed by atoms with Crippen LogP contribution in [-0.2, 0) is 0 Å². The normalized spacial score (nSPS) is 13.9. The fraction of sp³-hybridized carbons (Fsp3) is 0.353. The average molecular weight is 270 g/mol. The second-order valence-corrected chi connectivity index (χ2v) is 5.43. The van der Waals surface area contributed by atoms with E-state index in [1.165, 1.54) is 0 Å². The van der Waals surface area contributed by atoms with Gasteiger partial charge in [-0.2, -0.15) is 0 Å². The molecule has 0 fully saturated rings. The topological polar surface area (TPSA) is 55.1 Å². The summed E-state index contributed by atoms with van der Waals surface area (Å²) in [5.74, 6) is 0.349. The molecule has 2 atom stereocenters. The number of amides is 1. The lowest BCUT2D eigenvalue weighted by Gasteiger charge is -2.20. The molecule has 2 rings (SSSR count). The minimum Gasteiger partial charge on any atom is -0.398 e. The Morgan fingerprint density at radius 1 is 1.20 bits per heavy atom. The van der Waals surface area contributed by atoms with Crippen LogP contribution in [0.2, 0.25) is 0 Å². The molecule has 0 saturated carbocycles. The van der Waals surface area contributed by atoms with Crippen LogP contribution in [0.15, 0.2) is 36.4 Å². The zero-order valence-electron chi connectivity index (χ0n) is 12.3. The molecule has 3 N–H and O–H groups in total. The number of benzene rings is 2. The standard InChI is InChI=1S/C17H22N2O/c1-4-11(2)12(3)19-17(20)15-9-13-7-5-6-8-14(13)10-16(15)18/h5-12H,4,18H2,1-3H3,(H,19,20). The molecule has 0 aliphatic carbocycles. The molecule has 0 saturated heterocycles. The van der Waals surface area contributed by atoms with Crippen molar-refractivity contribution in [3.8, 4) is 0 Å². The Morgan fingerprint density at radius 3 is 2.40 bits per heavy atom. The van der Waals surface area contributed by atoms with Crippen molar-refractivity contribution in [1.82, 2.24) is 5.32 Å². The second kappa shape index (κ2) is 5.95. The van der Waals surface area contributed by atoms with Gasteiger partial charge in [0, 0.05) is 11.7 Å². The van der Waals surface area contributed by atoms with E-state index in [1.807, 2.05) is 43.3 Å². The van der Waals surface area contributed by atoms with Gasteiger partial charge in [0.1, 0.15) is 0 Å². The van der Waals surface area contributed by atoms with Crippen LogP contribution in [0.1, 0.15) is 37.6 Å². The molecule has 0 aliphatic heterocycles. The lowest BCUT2D eigenvalue weighted by molar-refractivity contribution is 0.0929. The lowest BCUT2D eigenvalue weighted by Crippen LogP contribution is -2.37. The van der Waals surface area contributed by atoms with Gasteiger partial charge in [-0.3, -0.25) is 4.79 Å². The van der Waals surface area contributed by atoms with Gasteiger partial charge in [-0.15, -0.1) is 0 Å². The summed E-state index contributed by atoms with van der Waals surface area (Å²) in [6, 6.07) is 11.8. The third-order valence-electron chi connectivity index (χ3n) is 4.02. The summed E-state index contributed by atoms with van der Waals surface area (Å²) in [5.41, 5.74) is 7.09. The van der Waals surface area contributed by atoms with E-state index in [2.05, 4.69) is 19.2 Å². The van der Waals surface area contributed by atoms with Crippen LogP contribution in [0.4, 0.5) is 5.69 Å². The van der Waals surface area contributed by atoms with Gasteiger partial charge in [0.05, 0.1) is 5.56 Å². The third-order valence-corrected chi connectivity index (χ3v) is 4.02. The van der Waals surface area contributed by atoms with E-state index >= 15 is 0 Å². The Balaban J connectivity index is 2.28. The van der Waals surface area contributed by atoms with Crippen molar-refractivity contribution in [2.75, 3.05) is 5.73 Å². The Bertz CT molecular complexity index is 621. The molecule has 20 heavy (non-hydrogen) atoms. The van der Waals surface area contributed by atoms with Gasteiger partial charge in [0.15, 0.2) is 0 Å². The van der Waals surface area contributed by atoms with Crippen LogP contribution in [-0.4, -0.2) is 11.9 Å². The van der Waals surface area contributed by atoms with Crippen molar-refractivity contribution in [2.45, 2.75) is 33.2 Å². The molecule has 2 unspecified atom stereocenters. The summed E-state index contributed by atoms with van der Waals surface area (Å²) in [5, 5.41) is 5.12. The average Bonchev–Trinajstić information content (AvgIpc) is 2.45. The summed E-state index contributed by atoms with van der Waals surface area (Å²) < 4.78 is 0. The number of nitrogens with one attached hydrogen (secondary N) is 1. The summed E-state index contributed by atoms with van der Waals surface area (Å²) >= 11 is 0. The number of nitrogens with two attached hydrogens (primary N) is 1. The van der Waals surface area contributed by atoms with E-state index in [-0.39, 0.29) is 11.9 Å². The number of carbonyl (C=O) groups excluding carboxylic acids is 1. The lowest BCUT2D eigenvalue weighted by atomic mass is 9.99. The summed E-state index contributed by atoms with van der Waals surface area (Å²) in [7, 11) is 0.